The monoisotopic (exact) mass is 263 g/mol. The lowest BCUT2D eigenvalue weighted by atomic mass is 9.89. The molecule has 2 rings (SSSR count). The van der Waals surface area contributed by atoms with Crippen molar-refractivity contribution in [3.05, 3.63) is 71.3 Å². The normalized spacial score (nSPS) is 14.1. The molecule has 0 radical (unpaired) electrons. The predicted molar refractivity (Wildman–Crippen MR) is 69.6 cm³/mol. The van der Waals surface area contributed by atoms with Gasteiger partial charge in [-0.2, -0.15) is 0 Å². The fraction of sp³-hybridized carbons (Fsp3) is 0.200. The van der Waals surface area contributed by atoms with E-state index in [1.165, 1.54) is 12.1 Å². The van der Waals surface area contributed by atoms with Gasteiger partial charge in [0.2, 0.25) is 0 Å². The van der Waals surface area contributed by atoms with Crippen LogP contribution in [0.5, 0.6) is 0 Å². The number of benzene rings is 2. The third-order valence-corrected chi connectivity index (χ3v) is 3.14. The first kappa shape index (κ1) is 13.6. The molecule has 3 N–H and O–H groups in total. The minimum Gasteiger partial charge on any atom is -0.388 e. The molecule has 0 saturated heterocycles. The third kappa shape index (κ3) is 2.97. The van der Waals surface area contributed by atoms with Crippen molar-refractivity contribution in [2.75, 3.05) is 6.54 Å². The van der Waals surface area contributed by atoms with Crippen molar-refractivity contribution >= 4 is 0 Å². The Morgan fingerprint density at radius 3 is 2.32 bits per heavy atom. The van der Waals surface area contributed by atoms with Gasteiger partial charge in [-0.05, 0) is 17.2 Å². The predicted octanol–water partition coefficient (Wildman–Crippen LogP) is 2.74. The molecule has 0 aliphatic carbocycles. The van der Waals surface area contributed by atoms with E-state index in [9.17, 15) is 13.9 Å². The number of aliphatic hydroxyl groups excluding tert-OH is 1. The maximum Gasteiger partial charge on any atom is 0.129 e. The van der Waals surface area contributed by atoms with E-state index in [1.807, 2.05) is 6.07 Å². The number of rotatable bonds is 4. The molecule has 0 bridgehead atoms. The zero-order chi connectivity index (χ0) is 13.8. The summed E-state index contributed by atoms with van der Waals surface area (Å²) in [4.78, 5) is 0. The van der Waals surface area contributed by atoms with Crippen molar-refractivity contribution < 1.29 is 13.9 Å². The second kappa shape index (κ2) is 5.91. The minimum absolute atomic E-state index is 0.0681. The molecule has 100 valence electrons. The standard InChI is InChI=1S/C15H15F2NO/c16-11-6-7-12(14(17)8-11)13(9-18)15(19)10-4-2-1-3-5-10/h1-8,13,15,19H,9,18H2. The molecule has 2 nitrogen and oxygen atoms in total. The maximum absolute atomic E-state index is 13.8. The molecule has 0 heterocycles. The first-order valence-electron chi connectivity index (χ1n) is 6.01. The summed E-state index contributed by atoms with van der Waals surface area (Å²) >= 11 is 0. The summed E-state index contributed by atoms with van der Waals surface area (Å²) < 4.78 is 26.7. The SMILES string of the molecule is NCC(c1ccc(F)cc1F)C(O)c1ccccc1. The molecule has 0 amide bonds. The Hall–Kier alpha value is -1.78. The van der Waals surface area contributed by atoms with E-state index in [2.05, 4.69) is 0 Å². The molecule has 2 aromatic carbocycles. The molecular weight excluding hydrogens is 248 g/mol. The summed E-state index contributed by atoms with van der Waals surface area (Å²) in [6.07, 6.45) is -0.925. The molecule has 2 unspecified atom stereocenters. The van der Waals surface area contributed by atoms with Crippen molar-refractivity contribution in [1.82, 2.24) is 0 Å². The summed E-state index contributed by atoms with van der Waals surface area (Å²) in [5.41, 5.74) is 6.51. The van der Waals surface area contributed by atoms with Gasteiger partial charge in [0.15, 0.2) is 0 Å². The van der Waals surface area contributed by atoms with Gasteiger partial charge in [-0.1, -0.05) is 36.4 Å². The second-order valence-electron chi connectivity index (χ2n) is 4.36. The molecule has 0 aromatic heterocycles. The Morgan fingerprint density at radius 1 is 1.05 bits per heavy atom. The second-order valence-corrected chi connectivity index (χ2v) is 4.36. The quantitative estimate of drug-likeness (QED) is 0.891. The van der Waals surface area contributed by atoms with E-state index < -0.39 is 23.7 Å². The van der Waals surface area contributed by atoms with Crippen LogP contribution in [0.2, 0.25) is 0 Å². The Kier molecular flexibility index (Phi) is 4.24. The molecule has 0 fully saturated rings. The topological polar surface area (TPSA) is 46.2 Å². The van der Waals surface area contributed by atoms with Gasteiger partial charge in [0.05, 0.1) is 6.10 Å². The first-order valence-corrected chi connectivity index (χ1v) is 6.01. The van der Waals surface area contributed by atoms with E-state index in [4.69, 9.17) is 5.73 Å². The molecule has 0 saturated carbocycles. The zero-order valence-electron chi connectivity index (χ0n) is 10.3. The van der Waals surface area contributed by atoms with E-state index in [1.54, 1.807) is 24.3 Å². The van der Waals surface area contributed by atoms with Crippen LogP contribution in [-0.2, 0) is 0 Å². The van der Waals surface area contributed by atoms with Gasteiger partial charge in [-0.3, -0.25) is 0 Å². The smallest absolute Gasteiger partial charge is 0.129 e. The summed E-state index contributed by atoms with van der Waals surface area (Å²) in [6.45, 7) is 0.0681. The van der Waals surface area contributed by atoms with Gasteiger partial charge in [0, 0.05) is 18.5 Å². The van der Waals surface area contributed by atoms with Crippen LogP contribution in [0.4, 0.5) is 8.78 Å². The van der Waals surface area contributed by atoms with Gasteiger partial charge in [-0.25, -0.2) is 8.78 Å². The lowest BCUT2D eigenvalue weighted by Gasteiger charge is -2.22. The zero-order valence-corrected chi connectivity index (χ0v) is 10.3. The van der Waals surface area contributed by atoms with E-state index in [0.29, 0.717) is 5.56 Å². The van der Waals surface area contributed by atoms with Gasteiger partial charge < -0.3 is 10.8 Å². The van der Waals surface area contributed by atoms with E-state index in [0.717, 1.165) is 6.07 Å². The van der Waals surface area contributed by atoms with Crippen molar-refractivity contribution in [2.45, 2.75) is 12.0 Å². The number of halogens is 2. The van der Waals surface area contributed by atoms with Crippen LogP contribution >= 0.6 is 0 Å². The molecule has 0 aliphatic rings. The average molecular weight is 263 g/mol. The molecule has 0 aliphatic heterocycles. The molecular formula is C15H15F2NO. The summed E-state index contributed by atoms with van der Waals surface area (Å²) in [5, 5.41) is 10.3. The molecule has 2 aromatic rings. The number of hydrogen-bond acceptors (Lipinski definition) is 2. The van der Waals surface area contributed by atoms with Crippen molar-refractivity contribution in [3.8, 4) is 0 Å². The van der Waals surface area contributed by atoms with Crippen LogP contribution in [0.25, 0.3) is 0 Å². The lowest BCUT2D eigenvalue weighted by molar-refractivity contribution is 0.145. The van der Waals surface area contributed by atoms with Crippen LogP contribution in [0.15, 0.2) is 48.5 Å². The largest absolute Gasteiger partial charge is 0.388 e. The maximum atomic E-state index is 13.8. The van der Waals surface area contributed by atoms with Gasteiger partial charge in [0.1, 0.15) is 11.6 Å². The van der Waals surface area contributed by atoms with Crippen molar-refractivity contribution in [1.29, 1.82) is 0 Å². The lowest BCUT2D eigenvalue weighted by Crippen LogP contribution is -2.21. The first-order chi connectivity index (χ1) is 9.13. The van der Waals surface area contributed by atoms with Crippen LogP contribution in [0.1, 0.15) is 23.1 Å². The van der Waals surface area contributed by atoms with Crippen LogP contribution in [-0.4, -0.2) is 11.7 Å². The number of aliphatic hydroxyl groups is 1. The van der Waals surface area contributed by atoms with Crippen LogP contribution < -0.4 is 5.73 Å². The fourth-order valence-corrected chi connectivity index (χ4v) is 2.11. The summed E-state index contributed by atoms with van der Waals surface area (Å²) in [5.74, 6) is -1.94. The van der Waals surface area contributed by atoms with Gasteiger partial charge in [-0.15, -0.1) is 0 Å². The van der Waals surface area contributed by atoms with E-state index >= 15 is 0 Å². The molecule has 0 spiro atoms. The Morgan fingerprint density at radius 2 is 1.74 bits per heavy atom. The Labute approximate surface area is 110 Å². The van der Waals surface area contributed by atoms with Crippen LogP contribution in [0, 0.1) is 11.6 Å². The average Bonchev–Trinajstić information content (AvgIpc) is 2.42. The summed E-state index contributed by atoms with van der Waals surface area (Å²) in [6, 6.07) is 12.2. The molecule has 2 atom stereocenters. The van der Waals surface area contributed by atoms with Crippen LogP contribution in [0.3, 0.4) is 0 Å². The highest BCUT2D eigenvalue weighted by atomic mass is 19.1. The molecule has 19 heavy (non-hydrogen) atoms. The highest BCUT2D eigenvalue weighted by molar-refractivity contribution is 5.28. The van der Waals surface area contributed by atoms with Gasteiger partial charge in [0.25, 0.3) is 0 Å². The van der Waals surface area contributed by atoms with Gasteiger partial charge >= 0.3 is 0 Å². The Balaban J connectivity index is 2.34. The number of nitrogens with two attached hydrogens (primary N) is 1. The minimum atomic E-state index is -0.925. The summed E-state index contributed by atoms with van der Waals surface area (Å²) in [7, 11) is 0. The molecule has 4 heteroatoms. The highest BCUT2D eigenvalue weighted by Crippen LogP contribution is 2.31. The third-order valence-electron chi connectivity index (χ3n) is 3.14. The Bertz CT molecular complexity index is 545. The fourth-order valence-electron chi connectivity index (χ4n) is 2.11. The van der Waals surface area contributed by atoms with E-state index in [-0.39, 0.29) is 12.1 Å². The highest BCUT2D eigenvalue weighted by Gasteiger charge is 2.24. The number of hydrogen-bond donors (Lipinski definition) is 2. The van der Waals surface area contributed by atoms with Crippen molar-refractivity contribution in [2.24, 2.45) is 5.73 Å². The van der Waals surface area contributed by atoms with Crippen molar-refractivity contribution in [3.63, 3.8) is 0 Å².